The average molecular weight is 381 g/mol. The van der Waals surface area contributed by atoms with Crippen LogP contribution in [-0.4, -0.2) is 48.2 Å². The monoisotopic (exact) mass is 381 g/mol. The van der Waals surface area contributed by atoms with E-state index in [2.05, 4.69) is 0 Å². The molecule has 28 heavy (non-hydrogen) atoms. The van der Waals surface area contributed by atoms with E-state index in [-0.39, 0.29) is 18.4 Å². The van der Waals surface area contributed by atoms with Crippen molar-refractivity contribution in [3.05, 3.63) is 66.2 Å². The maximum absolute atomic E-state index is 13.4. The van der Waals surface area contributed by atoms with Crippen molar-refractivity contribution in [2.24, 2.45) is 11.3 Å². The maximum Gasteiger partial charge on any atom is 0.311 e. The zero-order chi connectivity index (χ0) is 19.6. The fourth-order valence-corrected chi connectivity index (χ4v) is 4.16. The Bertz CT molecular complexity index is 841. The van der Waals surface area contributed by atoms with Gasteiger partial charge in [0.05, 0.1) is 12.0 Å². The molecule has 1 N–H and O–H groups in total. The average Bonchev–Trinajstić information content (AvgIpc) is 3.14. The van der Waals surface area contributed by atoms with Crippen LogP contribution in [0.5, 0.6) is 5.75 Å². The summed E-state index contributed by atoms with van der Waals surface area (Å²) in [5.41, 5.74) is -0.186. The molecule has 0 saturated carbocycles. The van der Waals surface area contributed by atoms with Crippen LogP contribution in [0, 0.1) is 11.3 Å². The Kier molecular flexibility index (Phi) is 5.05. The lowest BCUT2D eigenvalue weighted by Crippen LogP contribution is -2.45. The van der Waals surface area contributed by atoms with Gasteiger partial charge in [-0.25, -0.2) is 0 Å². The lowest BCUT2D eigenvalue weighted by Gasteiger charge is -2.34. The van der Waals surface area contributed by atoms with E-state index in [0.29, 0.717) is 31.9 Å². The zero-order valence-electron chi connectivity index (χ0n) is 15.5. The Balaban J connectivity index is 1.61. The summed E-state index contributed by atoms with van der Waals surface area (Å²) in [7, 11) is 0. The fraction of sp³-hybridized carbons (Fsp3) is 0.364. The molecule has 2 aliphatic rings. The summed E-state index contributed by atoms with van der Waals surface area (Å²) in [6.07, 6.45) is -0.401. The van der Waals surface area contributed by atoms with Crippen LogP contribution in [0.3, 0.4) is 0 Å². The van der Waals surface area contributed by atoms with Crippen molar-refractivity contribution in [1.82, 2.24) is 4.90 Å². The van der Waals surface area contributed by atoms with Gasteiger partial charge in [-0.15, -0.1) is 0 Å². The second-order valence-corrected chi connectivity index (χ2v) is 7.42. The van der Waals surface area contributed by atoms with Gasteiger partial charge in [0, 0.05) is 31.2 Å². The second kappa shape index (κ2) is 7.64. The Morgan fingerprint density at radius 3 is 2.43 bits per heavy atom. The van der Waals surface area contributed by atoms with E-state index in [1.807, 2.05) is 48.5 Å². The quantitative estimate of drug-likeness (QED) is 0.862. The molecule has 2 fully saturated rings. The van der Waals surface area contributed by atoms with Gasteiger partial charge in [0.25, 0.3) is 5.91 Å². The number of ether oxygens (including phenoxy) is 2. The van der Waals surface area contributed by atoms with Gasteiger partial charge in [-0.1, -0.05) is 48.5 Å². The van der Waals surface area contributed by atoms with Crippen LogP contribution in [0.25, 0.3) is 0 Å². The van der Waals surface area contributed by atoms with Gasteiger partial charge >= 0.3 is 5.97 Å². The maximum atomic E-state index is 13.4. The number of carbonyl (C=O) groups excluding carboxylic acids is 1. The predicted molar refractivity (Wildman–Crippen MR) is 102 cm³/mol. The van der Waals surface area contributed by atoms with Crippen molar-refractivity contribution in [2.75, 3.05) is 26.3 Å². The van der Waals surface area contributed by atoms with Crippen molar-refractivity contribution < 1.29 is 24.2 Å². The standard InChI is InChI=1S/C22H23NO5/c24-20(23-13-17-14-27-12-11-22(17,15-23)21(25)26)19(16-7-3-1-4-8-16)28-18-9-5-2-6-10-18/h1-10,17,19H,11-15H2,(H,25,26)/t17-,19?,22+/m0/s1. The van der Waals surface area contributed by atoms with Gasteiger partial charge in [0.15, 0.2) is 0 Å². The summed E-state index contributed by atoms with van der Waals surface area (Å²) in [4.78, 5) is 27.1. The fourth-order valence-electron chi connectivity index (χ4n) is 4.16. The minimum Gasteiger partial charge on any atom is -0.481 e. The Morgan fingerprint density at radius 2 is 1.79 bits per heavy atom. The molecule has 146 valence electrons. The largest absolute Gasteiger partial charge is 0.481 e. The molecule has 6 nitrogen and oxygen atoms in total. The number of amides is 1. The third kappa shape index (κ3) is 3.36. The van der Waals surface area contributed by atoms with Crippen LogP contribution < -0.4 is 4.74 Å². The van der Waals surface area contributed by atoms with Crippen molar-refractivity contribution in [1.29, 1.82) is 0 Å². The van der Waals surface area contributed by atoms with Crippen molar-refractivity contribution in [2.45, 2.75) is 12.5 Å². The highest BCUT2D eigenvalue weighted by molar-refractivity contribution is 5.85. The first kappa shape index (κ1) is 18.5. The number of carbonyl (C=O) groups is 2. The molecular formula is C22H23NO5. The molecule has 6 heteroatoms. The lowest BCUT2D eigenvalue weighted by atomic mass is 9.74. The number of carboxylic acid groups (broad SMARTS) is 1. The van der Waals surface area contributed by atoms with Gasteiger partial charge in [0.1, 0.15) is 5.75 Å². The number of hydrogen-bond acceptors (Lipinski definition) is 4. The van der Waals surface area contributed by atoms with Crippen LogP contribution in [0.1, 0.15) is 18.1 Å². The van der Waals surface area contributed by atoms with Gasteiger partial charge in [-0.3, -0.25) is 9.59 Å². The Hall–Kier alpha value is -2.86. The van der Waals surface area contributed by atoms with Crippen LogP contribution in [0.15, 0.2) is 60.7 Å². The van der Waals surface area contributed by atoms with Gasteiger partial charge in [-0.2, -0.15) is 0 Å². The van der Waals surface area contributed by atoms with Crippen LogP contribution in [-0.2, 0) is 14.3 Å². The Labute approximate surface area is 163 Å². The number of fused-ring (bicyclic) bond motifs is 1. The highest BCUT2D eigenvalue weighted by atomic mass is 16.5. The summed E-state index contributed by atoms with van der Waals surface area (Å²) < 4.78 is 11.5. The highest BCUT2D eigenvalue weighted by Gasteiger charge is 2.55. The first-order chi connectivity index (χ1) is 13.6. The summed E-state index contributed by atoms with van der Waals surface area (Å²) in [6.45, 7) is 1.34. The van der Waals surface area contributed by atoms with Crippen molar-refractivity contribution >= 4 is 11.9 Å². The molecule has 0 spiro atoms. The molecule has 2 aromatic carbocycles. The summed E-state index contributed by atoms with van der Waals surface area (Å²) in [5, 5.41) is 9.86. The minimum atomic E-state index is -0.929. The summed E-state index contributed by atoms with van der Waals surface area (Å²) in [6, 6.07) is 18.5. The summed E-state index contributed by atoms with van der Waals surface area (Å²) in [5.74, 6) is -0.671. The van der Waals surface area contributed by atoms with Crippen LogP contribution in [0.4, 0.5) is 0 Å². The third-order valence-corrected chi connectivity index (χ3v) is 5.77. The first-order valence-electron chi connectivity index (χ1n) is 9.47. The second-order valence-electron chi connectivity index (χ2n) is 7.42. The highest BCUT2D eigenvalue weighted by Crippen LogP contribution is 2.43. The van der Waals surface area contributed by atoms with Gasteiger partial charge in [0.2, 0.25) is 6.10 Å². The molecule has 0 radical (unpaired) electrons. The van der Waals surface area contributed by atoms with Gasteiger partial charge in [-0.05, 0) is 18.6 Å². The molecule has 2 heterocycles. The van der Waals surface area contributed by atoms with E-state index >= 15 is 0 Å². The number of carboxylic acids is 1. The van der Waals surface area contributed by atoms with Crippen LogP contribution in [0.2, 0.25) is 0 Å². The number of rotatable bonds is 5. The van der Waals surface area contributed by atoms with Crippen molar-refractivity contribution in [3.63, 3.8) is 0 Å². The molecule has 0 bridgehead atoms. The van der Waals surface area contributed by atoms with E-state index in [4.69, 9.17) is 9.47 Å². The van der Waals surface area contributed by atoms with E-state index in [9.17, 15) is 14.7 Å². The number of para-hydroxylation sites is 1. The first-order valence-corrected chi connectivity index (χ1v) is 9.47. The SMILES string of the molecule is O=C(C(Oc1ccccc1)c1ccccc1)N1C[C@H]2COCC[C@@]2(C(=O)O)C1. The molecule has 0 aromatic heterocycles. The van der Waals surface area contributed by atoms with Crippen molar-refractivity contribution in [3.8, 4) is 5.75 Å². The van der Waals surface area contributed by atoms with E-state index in [1.54, 1.807) is 17.0 Å². The molecule has 2 aromatic rings. The van der Waals surface area contributed by atoms with E-state index < -0.39 is 17.5 Å². The smallest absolute Gasteiger partial charge is 0.311 e. The van der Waals surface area contributed by atoms with E-state index in [1.165, 1.54) is 0 Å². The predicted octanol–water partition coefficient (Wildman–Crippen LogP) is 2.76. The molecule has 2 aliphatic heterocycles. The van der Waals surface area contributed by atoms with Gasteiger partial charge < -0.3 is 19.5 Å². The third-order valence-electron chi connectivity index (χ3n) is 5.77. The molecule has 0 aliphatic carbocycles. The minimum absolute atomic E-state index is 0.191. The van der Waals surface area contributed by atoms with E-state index in [0.717, 1.165) is 5.56 Å². The normalized spacial score (nSPS) is 25.0. The molecule has 2 saturated heterocycles. The molecule has 1 unspecified atom stereocenters. The topological polar surface area (TPSA) is 76.1 Å². The zero-order valence-corrected chi connectivity index (χ0v) is 15.5. The number of aliphatic carboxylic acids is 1. The Morgan fingerprint density at radius 1 is 1.11 bits per heavy atom. The summed E-state index contributed by atoms with van der Waals surface area (Å²) >= 11 is 0. The van der Waals surface area contributed by atoms with Crippen LogP contribution >= 0.6 is 0 Å². The number of likely N-dealkylation sites (tertiary alicyclic amines) is 1. The number of benzene rings is 2. The molecular weight excluding hydrogens is 358 g/mol. The molecule has 3 atom stereocenters. The molecule has 1 amide bonds. The number of nitrogens with zero attached hydrogens (tertiary/aromatic N) is 1. The lowest BCUT2D eigenvalue weighted by molar-refractivity contribution is -0.157. The molecule has 4 rings (SSSR count). The number of hydrogen-bond donors (Lipinski definition) is 1.